The van der Waals surface area contributed by atoms with Crippen LogP contribution in [0.2, 0.25) is 5.02 Å². The normalized spacial score (nSPS) is 27.0. The predicted molar refractivity (Wildman–Crippen MR) is 183 cm³/mol. The summed E-state index contributed by atoms with van der Waals surface area (Å²) in [5.41, 5.74) is 3.29. The van der Waals surface area contributed by atoms with Gasteiger partial charge in [0.1, 0.15) is 19.0 Å². The van der Waals surface area contributed by atoms with Crippen molar-refractivity contribution in [2.45, 2.75) is 82.7 Å². The number of benzene rings is 2. The summed E-state index contributed by atoms with van der Waals surface area (Å²) in [6.45, 7) is 5.27. The molecule has 4 aliphatic rings. The van der Waals surface area contributed by atoms with E-state index in [0.717, 1.165) is 76.0 Å². The molecule has 0 unspecified atom stereocenters. The van der Waals surface area contributed by atoms with Gasteiger partial charge >= 0.3 is 0 Å². The van der Waals surface area contributed by atoms with Crippen molar-refractivity contribution in [3.05, 3.63) is 70.3 Å². The predicted octanol–water partition coefficient (Wildman–Crippen LogP) is 5.89. The molecule has 2 bridgehead atoms. The second kappa shape index (κ2) is 15.0. The largest absolute Gasteiger partial charge is 0.487 e. The van der Waals surface area contributed by atoms with Crippen LogP contribution in [-0.2, 0) is 32.6 Å². The van der Waals surface area contributed by atoms with Crippen molar-refractivity contribution in [3.63, 3.8) is 0 Å². The van der Waals surface area contributed by atoms with E-state index in [9.17, 15) is 18.0 Å². The maximum atomic E-state index is 13.4. The monoisotopic (exact) mass is 683 g/mol. The minimum Gasteiger partial charge on any atom is -0.487 e. The molecule has 1 N–H and O–H groups in total. The van der Waals surface area contributed by atoms with E-state index in [-0.39, 0.29) is 30.1 Å². The third kappa shape index (κ3) is 7.98. The van der Waals surface area contributed by atoms with E-state index in [1.54, 1.807) is 18.2 Å². The molecule has 4 atom stereocenters. The number of amides is 2. The molecule has 2 aromatic rings. The maximum absolute atomic E-state index is 13.4. The Morgan fingerprint density at radius 2 is 1.89 bits per heavy atom. The van der Waals surface area contributed by atoms with E-state index >= 15 is 0 Å². The van der Waals surface area contributed by atoms with Gasteiger partial charge in [0.15, 0.2) is 0 Å². The minimum absolute atomic E-state index is 0.0218. The summed E-state index contributed by atoms with van der Waals surface area (Å²) in [5.74, 6) is 0.559. The highest BCUT2D eigenvalue weighted by molar-refractivity contribution is 7.90. The lowest BCUT2D eigenvalue weighted by molar-refractivity contribution is -0.143. The first-order valence-corrected chi connectivity index (χ1v) is 19.1. The second-order valence-corrected chi connectivity index (χ2v) is 15.7. The highest BCUT2D eigenvalue weighted by Crippen LogP contribution is 2.42. The molecule has 2 amide bonds. The molecular formula is C36H46ClN3O6S. The molecule has 1 aliphatic carbocycles. The average molecular weight is 684 g/mol. The number of carbonyl (C=O) groups is 2. The van der Waals surface area contributed by atoms with Crippen LogP contribution in [0.5, 0.6) is 5.75 Å². The van der Waals surface area contributed by atoms with Crippen LogP contribution < -0.4 is 14.4 Å². The molecule has 11 heteroatoms. The third-order valence-corrected chi connectivity index (χ3v) is 12.5. The van der Waals surface area contributed by atoms with Crippen molar-refractivity contribution in [2.75, 3.05) is 37.7 Å². The average Bonchev–Trinajstić information content (AvgIpc) is 3.03. The Hall–Kier alpha value is -3.08. The van der Waals surface area contributed by atoms with E-state index in [1.165, 1.54) is 5.56 Å². The van der Waals surface area contributed by atoms with Crippen LogP contribution in [0.4, 0.5) is 5.69 Å². The van der Waals surface area contributed by atoms with Gasteiger partial charge in [-0.1, -0.05) is 36.7 Å². The number of likely N-dealkylation sites (tertiary alicyclic amines) is 1. The number of nitrogens with one attached hydrogen (secondary N) is 1. The molecule has 0 aromatic heterocycles. The Balaban J connectivity index is 1.34. The lowest BCUT2D eigenvalue weighted by Gasteiger charge is -2.44. The van der Waals surface area contributed by atoms with E-state index in [2.05, 4.69) is 9.62 Å². The molecule has 3 heterocycles. The number of sulfonamides is 1. The number of aryl methyl sites for hydroxylation is 1. The minimum atomic E-state index is -3.92. The van der Waals surface area contributed by atoms with Crippen LogP contribution >= 0.6 is 11.6 Å². The van der Waals surface area contributed by atoms with Gasteiger partial charge in [-0.3, -0.25) is 9.59 Å². The van der Waals surface area contributed by atoms with Crippen molar-refractivity contribution in [3.8, 4) is 5.75 Å². The molecule has 9 nitrogen and oxygen atoms in total. The zero-order valence-corrected chi connectivity index (χ0v) is 28.7. The molecule has 3 aliphatic heterocycles. The Labute approximate surface area is 283 Å². The van der Waals surface area contributed by atoms with Gasteiger partial charge in [-0.2, -0.15) is 0 Å². The SMILES string of the molecule is CC[C@@H]1CC/C=C/[C@H](OCC(=O)N2CCC2)[C@@H]2CC[C@H]2CN2CCCCc3cc(Cl)ccc3COc3ccc(cc32)C(=O)NS1(=O)=O. The van der Waals surface area contributed by atoms with E-state index < -0.39 is 21.2 Å². The molecule has 47 heavy (non-hydrogen) atoms. The molecular weight excluding hydrogens is 638 g/mol. The fourth-order valence-electron chi connectivity index (χ4n) is 7.13. The van der Waals surface area contributed by atoms with Crippen molar-refractivity contribution in [1.82, 2.24) is 9.62 Å². The van der Waals surface area contributed by atoms with Crippen LogP contribution in [0.3, 0.4) is 0 Å². The van der Waals surface area contributed by atoms with Gasteiger partial charge < -0.3 is 19.3 Å². The number of fused-ring (bicyclic) bond motifs is 3. The third-order valence-electron chi connectivity index (χ3n) is 10.3. The van der Waals surface area contributed by atoms with Crippen molar-refractivity contribution in [1.29, 1.82) is 0 Å². The molecule has 1 saturated heterocycles. The van der Waals surface area contributed by atoms with Gasteiger partial charge in [0.25, 0.3) is 5.91 Å². The molecule has 6 rings (SSSR count). The summed E-state index contributed by atoms with van der Waals surface area (Å²) < 4.78 is 41.9. The van der Waals surface area contributed by atoms with Crippen LogP contribution in [0.25, 0.3) is 0 Å². The number of ether oxygens (including phenoxy) is 2. The molecule has 254 valence electrons. The number of hydrogen-bond acceptors (Lipinski definition) is 7. The number of rotatable bonds is 4. The molecule has 1 saturated carbocycles. The first-order valence-electron chi connectivity index (χ1n) is 17.1. The van der Waals surface area contributed by atoms with E-state index in [4.69, 9.17) is 21.1 Å². The van der Waals surface area contributed by atoms with Crippen molar-refractivity contribution < 1.29 is 27.5 Å². The zero-order valence-electron chi connectivity index (χ0n) is 27.2. The number of carbonyl (C=O) groups excluding carboxylic acids is 2. The number of halogens is 1. The standard InChI is InChI=1S/C36H46ClN3O6S/c1-2-30-9-3-4-10-33(46-24-35(41)39-18-7-19-39)31-15-12-27(31)22-40-17-6-5-8-25-20-29(37)14-11-28(25)23-45-34-16-13-26(21-32(34)40)36(42)38-47(30,43)44/h4,10-11,13-14,16,20-21,27,30-31,33H,2-3,5-9,12,15,17-19,22-24H2,1H3,(H,38,42)/b10-4+/t27-,30+,31+,33-/m0/s1. The van der Waals surface area contributed by atoms with Gasteiger partial charge in [0.05, 0.1) is 17.0 Å². The first kappa shape index (κ1) is 33.8. The van der Waals surface area contributed by atoms with Crippen molar-refractivity contribution in [2.24, 2.45) is 11.8 Å². The van der Waals surface area contributed by atoms with Crippen LogP contribution in [0, 0.1) is 11.8 Å². The molecule has 0 radical (unpaired) electrons. The van der Waals surface area contributed by atoms with Crippen LogP contribution in [0.1, 0.15) is 79.8 Å². The summed E-state index contributed by atoms with van der Waals surface area (Å²) in [5, 5.41) is -0.0180. The number of allylic oxidation sites excluding steroid dienone is 1. The van der Waals surface area contributed by atoms with E-state index in [1.807, 2.05) is 42.2 Å². The zero-order chi connectivity index (χ0) is 33.0. The molecule has 2 fully saturated rings. The second-order valence-electron chi connectivity index (χ2n) is 13.3. The van der Waals surface area contributed by atoms with Gasteiger partial charge in [-0.05, 0) is 111 Å². The lowest BCUT2D eigenvalue weighted by Crippen LogP contribution is -2.47. The highest BCUT2D eigenvalue weighted by atomic mass is 35.5. The van der Waals surface area contributed by atoms with Gasteiger partial charge in [-0.25, -0.2) is 13.1 Å². The van der Waals surface area contributed by atoms with Crippen LogP contribution in [-0.4, -0.2) is 69.3 Å². The molecule has 0 spiro atoms. The Morgan fingerprint density at radius 3 is 2.64 bits per heavy atom. The summed E-state index contributed by atoms with van der Waals surface area (Å²) in [6.07, 6.45) is 10.9. The summed E-state index contributed by atoms with van der Waals surface area (Å²) in [6, 6.07) is 11.1. The Morgan fingerprint density at radius 1 is 1.04 bits per heavy atom. The number of nitrogens with zero attached hydrogens (tertiary/aromatic N) is 2. The quantitative estimate of drug-likeness (QED) is 0.401. The van der Waals surface area contributed by atoms with Crippen molar-refractivity contribution >= 4 is 39.1 Å². The molecule has 2 aromatic carbocycles. The maximum Gasteiger partial charge on any atom is 0.264 e. The Bertz CT molecular complexity index is 1590. The number of hydrogen-bond donors (Lipinski definition) is 1. The number of anilines is 1. The first-order chi connectivity index (χ1) is 22.7. The van der Waals surface area contributed by atoms with Gasteiger partial charge in [-0.15, -0.1) is 0 Å². The highest BCUT2D eigenvalue weighted by Gasteiger charge is 2.39. The van der Waals surface area contributed by atoms with Gasteiger partial charge in [0, 0.05) is 36.8 Å². The Kier molecular flexibility index (Phi) is 10.8. The summed E-state index contributed by atoms with van der Waals surface area (Å²) >= 11 is 6.35. The fourth-order valence-corrected chi connectivity index (χ4v) is 8.75. The summed E-state index contributed by atoms with van der Waals surface area (Å²) in [4.78, 5) is 30.3. The summed E-state index contributed by atoms with van der Waals surface area (Å²) in [7, 11) is -3.92. The smallest absolute Gasteiger partial charge is 0.264 e. The van der Waals surface area contributed by atoms with Crippen LogP contribution in [0.15, 0.2) is 48.6 Å². The fraction of sp³-hybridized carbons (Fsp3) is 0.556. The topological polar surface area (TPSA) is 105 Å². The lowest BCUT2D eigenvalue weighted by atomic mass is 9.70. The van der Waals surface area contributed by atoms with Gasteiger partial charge in [0.2, 0.25) is 15.9 Å². The van der Waals surface area contributed by atoms with E-state index in [0.29, 0.717) is 42.6 Å².